The van der Waals surface area contributed by atoms with Crippen LogP contribution in [0, 0.1) is 0 Å². The minimum atomic E-state index is -0.778. The number of carbonyl (C=O) groups is 2. The number of benzene rings is 1. The summed E-state index contributed by atoms with van der Waals surface area (Å²) in [6.45, 7) is -0.483. The summed E-state index contributed by atoms with van der Waals surface area (Å²) in [5.41, 5.74) is 0.461. The number of nitrogens with zero attached hydrogens (tertiary/aromatic N) is 2. The first-order chi connectivity index (χ1) is 10.1. The number of hydrogen-bond acceptors (Lipinski definition) is 6. The molecule has 0 radical (unpaired) electrons. The summed E-state index contributed by atoms with van der Waals surface area (Å²) in [5, 5.41) is 13.6. The number of rotatable bonds is 4. The van der Waals surface area contributed by atoms with Gasteiger partial charge in [0.25, 0.3) is 0 Å². The van der Waals surface area contributed by atoms with Crippen molar-refractivity contribution in [2.75, 3.05) is 14.2 Å². The number of methoxy groups -OCH3 is 2. The number of para-hydroxylation sites is 1. The minimum absolute atomic E-state index is 0.101. The lowest BCUT2D eigenvalue weighted by atomic mass is 10.1. The van der Waals surface area contributed by atoms with E-state index in [-0.39, 0.29) is 17.0 Å². The van der Waals surface area contributed by atoms with Gasteiger partial charge in [-0.2, -0.15) is 5.10 Å². The minimum Gasteiger partial charge on any atom is -0.465 e. The topological polar surface area (TPSA) is 90.6 Å². The molecule has 2 rings (SSSR count). The van der Waals surface area contributed by atoms with E-state index in [4.69, 9.17) is 0 Å². The number of aliphatic hydroxyl groups is 1. The first-order valence-corrected chi connectivity index (χ1v) is 6.08. The third-order valence-electron chi connectivity index (χ3n) is 2.90. The molecule has 0 saturated carbocycles. The van der Waals surface area contributed by atoms with Gasteiger partial charge in [-0.25, -0.2) is 14.3 Å². The second-order valence-corrected chi connectivity index (χ2v) is 4.06. The van der Waals surface area contributed by atoms with Crippen molar-refractivity contribution in [3.8, 4) is 5.69 Å². The van der Waals surface area contributed by atoms with E-state index in [1.807, 2.05) is 6.07 Å². The van der Waals surface area contributed by atoms with Crippen LogP contribution in [0.15, 0.2) is 30.3 Å². The van der Waals surface area contributed by atoms with Gasteiger partial charge in [0.1, 0.15) is 5.56 Å². The highest BCUT2D eigenvalue weighted by Gasteiger charge is 2.29. The Labute approximate surface area is 120 Å². The molecular formula is C14H14N2O5. The average molecular weight is 290 g/mol. The van der Waals surface area contributed by atoms with Gasteiger partial charge in [-0.15, -0.1) is 0 Å². The van der Waals surface area contributed by atoms with Crippen molar-refractivity contribution < 1.29 is 24.2 Å². The lowest BCUT2D eigenvalue weighted by molar-refractivity contribution is 0.0550. The predicted molar refractivity (Wildman–Crippen MR) is 72.2 cm³/mol. The zero-order valence-electron chi connectivity index (χ0n) is 11.6. The Hall–Kier alpha value is -2.67. The van der Waals surface area contributed by atoms with Crippen molar-refractivity contribution in [1.29, 1.82) is 0 Å². The van der Waals surface area contributed by atoms with E-state index in [0.29, 0.717) is 5.69 Å². The fraction of sp³-hybridized carbons (Fsp3) is 0.214. The van der Waals surface area contributed by atoms with Crippen molar-refractivity contribution in [2.24, 2.45) is 0 Å². The second-order valence-electron chi connectivity index (χ2n) is 4.06. The van der Waals surface area contributed by atoms with Crippen LogP contribution in [0.25, 0.3) is 5.69 Å². The predicted octanol–water partition coefficient (Wildman–Crippen LogP) is 0.938. The molecule has 0 amide bonds. The van der Waals surface area contributed by atoms with Gasteiger partial charge in [-0.3, -0.25) is 0 Å². The Morgan fingerprint density at radius 3 is 2.29 bits per heavy atom. The van der Waals surface area contributed by atoms with Crippen LogP contribution in [0.1, 0.15) is 26.5 Å². The molecule has 1 aromatic heterocycles. The van der Waals surface area contributed by atoms with Gasteiger partial charge in [0.2, 0.25) is 0 Å². The zero-order valence-corrected chi connectivity index (χ0v) is 11.6. The fourth-order valence-electron chi connectivity index (χ4n) is 1.94. The van der Waals surface area contributed by atoms with E-state index < -0.39 is 18.5 Å². The third kappa shape index (κ3) is 2.63. The maximum atomic E-state index is 11.9. The monoisotopic (exact) mass is 290 g/mol. The molecule has 0 saturated heterocycles. The molecule has 110 valence electrons. The van der Waals surface area contributed by atoms with Gasteiger partial charge >= 0.3 is 11.9 Å². The molecule has 7 heteroatoms. The summed E-state index contributed by atoms with van der Waals surface area (Å²) in [5.74, 6) is -1.54. The first kappa shape index (κ1) is 14.7. The third-order valence-corrected chi connectivity index (χ3v) is 2.90. The van der Waals surface area contributed by atoms with Crippen LogP contribution >= 0.6 is 0 Å². The fourth-order valence-corrected chi connectivity index (χ4v) is 1.94. The van der Waals surface area contributed by atoms with Crippen LogP contribution in [0.5, 0.6) is 0 Å². The van der Waals surface area contributed by atoms with E-state index in [0.717, 1.165) is 0 Å². The molecule has 0 fully saturated rings. The Bertz CT molecular complexity index is 664. The summed E-state index contributed by atoms with van der Waals surface area (Å²) in [7, 11) is 2.37. The van der Waals surface area contributed by atoms with Crippen LogP contribution in [0.4, 0.5) is 0 Å². The summed E-state index contributed by atoms with van der Waals surface area (Å²) >= 11 is 0. The van der Waals surface area contributed by atoms with Crippen LogP contribution in [-0.2, 0) is 16.1 Å². The standard InChI is InChI=1S/C14H14N2O5/c1-20-13(18)11-10(8-17)16(9-6-4-3-5-7-9)15-12(11)14(19)21-2/h3-7,17H,8H2,1-2H3. The van der Waals surface area contributed by atoms with Crippen molar-refractivity contribution in [3.05, 3.63) is 47.3 Å². The Kier molecular flexibility index (Phi) is 4.34. The van der Waals surface area contributed by atoms with E-state index in [1.54, 1.807) is 24.3 Å². The largest absolute Gasteiger partial charge is 0.465 e. The molecule has 0 atom stereocenters. The molecule has 2 aromatic rings. The zero-order chi connectivity index (χ0) is 15.4. The molecule has 0 bridgehead atoms. The van der Waals surface area contributed by atoms with Gasteiger partial charge in [0, 0.05) is 0 Å². The Morgan fingerprint density at radius 2 is 1.76 bits per heavy atom. The van der Waals surface area contributed by atoms with Crippen molar-refractivity contribution >= 4 is 11.9 Å². The average Bonchev–Trinajstić information content (AvgIpc) is 2.93. The van der Waals surface area contributed by atoms with Crippen molar-refractivity contribution in [3.63, 3.8) is 0 Å². The maximum Gasteiger partial charge on any atom is 0.359 e. The normalized spacial score (nSPS) is 10.2. The number of esters is 2. The number of ether oxygens (including phenoxy) is 2. The Balaban J connectivity index is 2.70. The van der Waals surface area contributed by atoms with Crippen LogP contribution < -0.4 is 0 Å². The molecular weight excluding hydrogens is 276 g/mol. The molecule has 1 aromatic carbocycles. The van der Waals surface area contributed by atoms with E-state index in [1.165, 1.54) is 18.9 Å². The summed E-state index contributed by atoms with van der Waals surface area (Å²) in [6.07, 6.45) is 0. The number of hydrogen-bond donors (Lipinski definition) is 1. The first-order valence-electron chi connectivity index (χ1n) is 6.08. The maximum absolute atomic E-state index is 11.9. The smallest absolute Gasteiger partial charge is 0.359 e. The summed E-state index contributed by atoms with van der Waals surface area (Å²) in [6, 6.07) is 8.82. The molecule has 0 aliphatic rings. The van der Waals surface area contributed by atoms with Gasteiger partial charge in [0.05, 0.1) is 32.2 Å². The quantitative estimate of drug-likeness (QED) is 0.843. The van der Waals surface area contributed by atoms with Gasteiger partial charge < -0.3 is 14.6 Å². The number of carbonyl (C=O) groups excluding carboxylic acids is 2. The van der Waals surface area contributed by atoms with Crippen LogP contribution in [0.2, 0.25) is 0 Å². The Morgan fingerprint density at radius 1 is 1.14 bits per heavy atom. The highest BCUT2D eigenvalue weighted by atomic mass is 16.5. The summed E-state index contributed by atoms with van der Waals surface area (Å²) < 4.78 is 10.6. The van der Waals surface area contributed by atoms with Gasteiger partial charge in [-0.05, 0) is 12.1 Å². The molecule has 0 aliphatic carbocycles. The van der Waals surface area contributed by atoms with E-state index in [2.05, 4.69) is 14.6 Å². The molecule has 1 heterocycles. The molecule has 21 heavy (non-hydrogen) atoms. The lowest BCUT2D eigenvalue weighted by Crippen LogP contribution is -2.12. The van der Waals surface area contributed by atoms with Gasteiger partial charge in [-0.1, -0.05) is 18.2 Å². The van der Waals surface area contributed by atoms with Crippen LogP contribution in [0.3, 0.4) is 0 Å². The molecule has 0 unspecified atom stereocenters. The molecule has 7 nitrogen and oxygen atoms in total. The lowest BCUT2D eigenvalue weighted by Gasteiger charge is -2.06. The highest BCUT2D eigenvalue weighted by molar-refractivity contribution is 6.02. The van der Waals surface area contributed by atoms with E-state index >= 15 is 0 Å². The number of aromatic nitrogens is 2. The van der Waals surface area contributed by atoms with Crippen molar-refractivity contribution in [2.45, 2.75) is 6.61 Å². The summed E-state index contributed by atoms with van der Waals surface area (Å²) in [4.78, 5) is 23.7. The van der Waals surface area contributed by atoms with Gasteiger partial charge in [0.15, 0.2) is 5.69 Å². The van der Waals surface area contributed by atoms with Crippen molar-refractivity contribution in [1.82, 2.24) is 9.78 Å². The van der Waals surface area contributed by atoms with Crippen LogP contribution in [-0.4, -0.2) is 41.0 Å². The van der Waals surface area contributed by atoms with E-state index in [9.17, 15) is 14.7 Å². The molecule has 0 aliphatic heterocycles. The highest BCUT2D eigenvalue weighted by Crippen LogP contribution is 2.21. The number of aliphatic hydroxyl groups excluding tert-OH is 1. The molecule has 0 spiro atoms. The SMILES string of the molecule is COC(=O)c1nn(-c2ccccc2)c(CO)c1C(=O)OC. The molecule has 1 N–H and O–H groups in total. The second kappa shape index (κ2) is 6.19.